The standard InChI is InChI=1S/C27H25N7O5S/c1-16-21(15-34(2)32-16)23-13-20(19-7-5-6-8-22(19)29-23)26(35)28-17-9-11-18(12-10-17)40(36,37)33-24-14-25(38-3)31-27(30-24)39-4/h5-15H,1-4H3,(H,28,35)(H,30,31,33). The summed E-state index contributed by atoms with van der Waals surface area (Å²) in [5.41, 5.74) is 3.74. The quantitative estimate of drug-likeness (QED) is 0.289. The number of aryl methyl sites for hydroxylation is 2. The van der Waals surface area contributed by atoms with Crippen LogP contribution in [-0.2, 0) is 17.1 Å². The molecule has 204 valence electrons. The predicted octanol–water partition coefficient (Wildman–Crippen LogP) is 3.80. The van der Waals surface area contributed by atoms with Crippen molar-refractivity contribution < 1.29 is 22.7 Å². The summed E-state index contributed by atoms with van der Waals surface area (Å²) >= 11 is 0. The van der Waals surface area contributed by atoms with Gasteiger partial charge >= 0.3 is 6.01 Å². The molecule has 3 heterocycles. The van der Waals surface area contributed by atoms with E-state index in [4.69, 9.17) is 14.5 Å². The molecule has 0 fully saturated rings. The fourth-order valence-electron chi connectivity index (χ4n) is 4.12. The summed E-state index contributed by atoms with van der Waals surface area (Å²) in [5.74, 6) is -0.256. The van der Waals surface area contributed by atoms with E-state index in [0.717, 1.165) is 11.3 Å². The molecular weight excluding hydrogens is 534 g/mol. The number of benzene rings is 2. The number of fused-ring (bicyclic) bond motifs is 1. The summed E-state index contributed by atoms with van der Waals surface area (Å²) in [6.45, 7) is 1.88. The Morgan fingerprint density at radius 3 is 2.38 bits per heavy atom. The Kier molecular flexibility index (Phi) is 7.05. The molecule has 3 aromatic heterocycles. The van der Waals surface area contributed by atoms with E-state index in [2.05, 4.69) is 25.1 Å². The molecule has 0 bridgehead atoms. The van der Waals surface area contributed by atoms with Crippen LogP contribution in [-0.4, -0.2) is 53.3 Å². The highest BCUT2D eigenvalue weighted by Crippen LogP contribution is 2.28. The summed E-state index contributed by atoms with van der Waals surface area (Å²) in [4.78, 5) is 26.0. The number of hydrogen-bond donors (Lipinski definition) is 2. The summed E-state index contributed by atoms with van der Waals surface area (Å²) in [5, 5.41) is 7.92. The fourth-order valence-corrected chi connectivity index (χ4v) is 5.11. The summed E-state index contributed by atoms with van der Waals surface area (Å²) in [6.07, 6.45) is 1.86. The third-order valence-electron chi connectivity index (χ3n) is 5.99. The monoisotopic (exact) mass is 559 g/mol. The SMILES string of the molecule is COc1cc(NS(=O)(=O)c2ccc(NC(=O)c3cc(-c4cn(C)nc4C)nc4ccccc34)cc2)nc(OC)n1. The van der Waals surface area contributed by atoms with Gasteiger partial charge in [-0.25, -0.2) is 13.4 Å². The van der Waals surface area contributed by atoms with Crippen molar-refractivity contribution in [2.45, 2.75) is 11.8 Å². The predicted molar refractivity (Wildman–Crippen MR) is 149 cm³/mol. The number of carbonyl (C=O) groups excluding carboxylic acids is 1. The van der Waals surface area contributed by atoms with Crippen LogP contribution in [0.25, 0.3) is 22.2 Å². The van der Waals surface area contributed by atoms with Crippen molar-refractivity contribution in [1.82, 2.24) is 24.7 Å². The topological polar surface area (TPSA) is 150 Å². The zero-order valence-electron chi connectivity index (χ0n) is 22.0. The molecule has 0 unspecified atom stereocenters. The highest BCUT2D eigenvalue weighted by Gasteiger charge is 2.19. The largest absolute Gasteiger partial charge is 0.481 e. The molecule has 2 N–H and O–H groups in total. The molecule has 0 aliphatic carbocycles. The second-order valence-corrected chi connectivity index (χ2v) is 10.4. The number of nitrogens with one attached hydrogen (secondary N) is 2. The first-order valence-corrected chi connectivity index (χ1v) is 13.5. The van der Waals surface area contributed by atoms with Gasteiger partial charge in [0.15, 0.2) is 5.82 Å². The smallest absolute Gasteiger partial charge is 0.321 e. The summed E-state index contributed by atoms with van der Waals surface area (Å²) in [6, 6.07) is 16.1. The summed E-state index contributed by atoms with van der Waals surface area (Å²) in [7, 11) is 0.565. The average Bonchev–Trinajstić information content (AvgIpc) is 3.29. The number of rotatable bonds is 8. The lowest BCUT2D eigenvalue weighted by Crippen LogP contribution is -2.15. The van der Waals surface area contributed by atoms with E-state index >= 15 is 0 Å². The number of pyridine rings is 1. The van der Waals surface area contributed by atoms with Gasteiger partial charge < -0.3 is 14.8 Å². The Hall–Kier alpha value is -5.04. The molecule has 0 aliphatic heterocycles. The molecule has 0 saturated heterocycles. The van der Waals surface area contributed by atoms with Crippen molar-refractivity contribution >= 4 is 38.3 Å². The van der Waals surface area contributed by atoms with E-state index in [1.54, 1.807) is 10.7 Å². The molecule has 0 atom stereocenters. The Balaban J connectivity index is 1.40. The van der Waals surface area contributed by atoms with Crippen LogP contribution in [0.2, 0.25) is 0 Å². The minimum atomic E-state index is -4.01. The van der Waals surface area contributed by atoms with Gasteiger partial charge in [0.2, 0.25) is 5.88 Å². The highest BCUT2D eigenvalue weighted by molar-refractivity contribution is 7.92. The molecule has 0 radical (unpaired) electrons. The fraction of sp³-hybridized carbons (Fsp3) is 0.148. The van der Waals surface area contributed by atoms with Crippen LogP contribution in [0.1, 0.15) is 16.1 Å². The second kappa shape index (κ2) is 10.6. The maximum Gasteiger partial charge on any atom is 0.321 e. The Labute approximate surface area is 230 Å². The van der Waals surface area contributed by atoms with Gasteiger partial charge in [0.25, 0.3) is 15.9 Å². The second-order valence-electron chi connectivity index (χ2n) is 8.74. The molecule has 1 amide bonds. The van der Waals surface area contributed by atoms with E-state index < -0.39 is 10.0 Å². The van der Waals surface area contributed by atoms with Crippen LogP contribution in [0.15, 0.2) is 71.8 Å². The molecule has 13 heteroatoms. The number of sulfonamides is 1. The molecule has 5 aromatic rings. The molecule has 0 spiro atoms. The van der Waals surface area contributed by atoms with Crippen molar-refractivity contribution in [3.05, 3.63) is 78.1 Å². The molecule has 0 aliphatic rings. The van der Waals surface area contributed by atoms with Crippen molar-refractivity contribution in [3.8, 4) is 23.1 Å². The van der Waals surface area contributed by atoms with E-state index in [1.165, 1.54) is 44.6 Å². The minimum Gasteiger partial charge on any atom is -0.481 e. The van der Waals surface area contributed by atoms with Crippen LogP contribution >= 0.6 is 0 Å². The van der Waals surface area contributed by atoms with Gasteiger partial charge in [0.1, 0.15) is 0 Å². The van der Waals surface area contributed by atoms with Crippen molar-refractivity contribution in [2.75, 3.05) is 24.3 Å². The van der Waals surface area contributed by atoms with E-state index in [9.17, 15) is 13.2 Å². The van der Waals surface area contributed by atoms with E-state index in [1.807, 2.05) is 44.4 Å². The van der Waals surface area contributed by atoms with Crippen molar-refractivity contribution in [2.24, 2.45) is 7.05 Å². The van der Waals surface area contributed by atoms with Gasteiger partial charge in [-0.2, -0.15) is 15.1 Å². The normalized spacial score (nSPS) is 11.3. The number of amides is 1. The Bertz CT molecular complexity index is 1810. The first kappa shape index (κ1) is 26.6. The number of aromatic nitrogens is 5. The Morgan fingerprint density at radius 1 is 0.950 bits per heavy atom. The average molecular weight is 560 g/mol. The van der Waals surface area contributed by atoms with Crippen LogP contribution in [0.5, 0.6) is 11.9 Å². The van der Waals surface area contributed by atoms with Crippen LogP contribution in [0.4, 0.5) is 11.5 Å². The van der Waals surface area contributed by atoms with Gasteiger partial charge in [0.05, 0.1) is 41.6 Å². The van der Waals surface area contributed by atoms with Gasteiger partial charge in [-0.15, -0.1) is 0 Å². The number of nitrogens with zero attached hydrogens (tertiary/aromatic N) is 5. The van der Waals surface area contributed by atoms with Crippen LogP contribution in [0.3, 0.4) is 0 Å². The number of carbonyl (C=O) groups is 1. The lowest BCUT2D eigenvalue weighted by Gasteiger charge is -2.12. The number of ether oxygens (including phenoxy) is 2. The molecular formula is C27H25N7O5S. The van der Waals surface area contributed by atoms with Crippen LogP contribution < -0.4 is 19.5 Å². The van der Waals surface area contributed by atoms with Crippen LogP contribution in [0, 0.1) is 6.92 Å². The first-order valence-electron chi connectivity index (χ1n) is 12.0. The molecule has 12 nitrogen and oxygen atoms in total. The molecule has 2 aromatic carbocycles. The summed E-state index contributed by atoms with van der Waals surface area (Å²) < 4.78 is 40.0. The molecule has 0 saturated carbocycles. The lowest BCUT2D eigenvalue weighted by atomic mass is 10.0. The van der Waals surface area contributed by atoms with Gasteiger partial charge in [-0.3, -0.25) is 14.2 Å². The molecule has 40 heavy (non-hydrogen) atoms. The highest BCUT2D eigenvalue weighted by atomic mass is 32.2. The maximum absolute atomic E-state index is 13.4. The van der Waals surface area contributed by atoms with Gasteiger partial charge in [-0.05, 0) is 43.3 Å². The lowest BCUT2D eigenvalue weighted by molar-refractivity contribution is 0.102. The number of anilines is 2. The number of hydrogen-bond acceptors (Lipinski definition) is 9. The zero-order chi connectivity index (χ0) is 28.4. The third kappa shape index (κ3) is 5.40. The maximum atomic E-state index is 13.4. The van der Waals surface area contributed by atoms with Gasteiger partial charge in [-0.1, -0.05) is 18.2 Å². The zero-order valence-corrected chi connectivity index (χ0v) is 22.9. The third-order valence-corrected chi connectivity index (χ3v) is 7.36. The molecule has 5 rings (SSSR count). The van der Waals surface area contributed by atoms with E-state index in [0.29, 0.717) is 27.8 Å². The van der Waals surface area contributed by atoms with E-state index in [-0.39, 0.29) is 28.5 Å². The van der Waals surface area contributed by atoms with Crippen molar-refractivity contribution in [1.29, 1.82) is 0 Å². The van der Waals surface area contributed by atoms with Crippen molar-refractivity contribution in [3.63, 3.8) is 0 Å². The first-order chi connectivity index (χ1) is 19.2. The number of para-hydroxylation sites is 1. The Morgan fingerprint density at radius 2 is 1.70 bits per heavy atom. The minimum absolute atomic E-state index is 0.0229. The number of methoxy groups -OCH3 is 2. The van der Waals surface area contributed by atoms with Gasteiger partial charge in [0, 0.05) is 35.9 Å².